The number of piperidine rings is 1. The van der Waals surface area contributed by atoms with E-state index in [9.17, 15) is 0 Å². The molecule has 2 aromatic rings. The molecule has 2 heterocycles. The third-order valence-electron chi connectivity index (χ3n) is 3.71. The molecule has 17 heavy (non-hydrogen) atoms. The molecular formula is C14H17ClN2. The Labute approximate surface area is 107 Å². The molecule has 1 atom stereocenters. The van der Waals surface area contributed by atoms with Crippen molar-refractivity contribution in [1.29, 1.82) is 0 Å². The molecule has 1 aliphatic rings. The summed E-state index contributed by atoms with van der Waals surface area (Å²) < 4.78 is 2.27. The zero-order valence-electron chi connectivity index (χ0n) is 10.0. The van der Waals surface area contributed by atoms with Crippen LogP contribution in [-0.4, -0.2) is 11.1 Å². The number of nitrogens with one attached hydrogen (secondary N) is 1. The van der Waals surface area contributed by atoms with Crippen molar-refractivity contribution in [3.8, 4) is 0 Å². The SMILES string of the molecule is Cn1c(C2CCCCN2)cc2ccc(Cl)cc21. The lowest BCUT2D eigenvalue weighted by atomic mass is 10.0. The first kappa shape index (κ1) is 11.1. The van der Waals surface area contributed by atoms with Gasteiger partial charge in [-0.2, -0.15) is 0 Å². The summed E-state index contributed by atoms with van der Waals surface area (Å²) >= 11 is 6.06. The summed E-state index contributed by atoms with van der Waals surface area (Å²) in [6.07, 6.45) is 3.85. The van der Waals surface area contributed by atoms with Crippen LogP contribution >= 0.6 is 11.6 Å². The molecule has 3 rings (SSSR count). The molecule has 0 spiro atoms. The Morgan fingerprint density at radius 2 is 2.18 bits per heavy atom. The summed E-state index contributed by atoms with van der Waals surface area (Å²) in [5.74, 6) is 0. The Morgan fingerprint density at radius 1 is 1.29 bits per heavy atom. The molecule has 0 amide bonds. The molecule has 2 nitrogen and oxygen atoms in total. The molecule has 0 radical (unpaired) electrons. The highest BCUT2D eigenvalue weighted by molar-refractivity contribution is 6.31. The fourth-order valence-corrected chi connectivity index (χ4v) is 2.93. The molecule has 90 valence electrons. The van der Waals surface area contributed by atoms with Gasteiger partial charge in [-0.25, -0.2) is 0 Å². The van der Waals surface area contributed by atoms with E-state index in [1.165, 1.54) is 35.9 Å². The van der Waals surface area contributed by atoms with Crippen molar-refractivity contribution in [1.82, 2.24) is 9.88 Å². The van der Waals surface area contributed by atoms with Crippen LogP contribution in [0.5, 0.6) is 0 Å². The van der Waals surface area contributed by atoms with Crippen LogP contribution in [0, 0.1) is 0 Å². The highest BCUT2D eigenvalue weighted by Gasteiger charge is 2.18. The number of aryl methyl sites for hydroxylation is 1. The smallest absolute Gasteiger partial charge is 0.0495 e. The second-order valence-corrected chi connectivity index (χ2v) is 5.27. The molecule has 0 bridgehead atoms. The fourth-order valence-electron chi connectivity index (χ4n) is 2.76. The average Bonchev–Trinajstić information content (AvgIpc) is 2.68. The number of rotatable bonds is 1. The van der Waals surface area contributed by atoms with E-state index < -0.39 is 0 Å². The number of fused-ring (bicyclic) bond motifs is 1. The van der Waals surface area contributed by atoms with Crippen LogP contribution < -0.4 is 5.32 Å². The lowest BCUT2D eigenvalue weighted by molar-refractivity contribution is 0.399. The summed E-state index contributed by atoms with van der Waals surface area (Å²) in [5.41, 5.74) is 2.60. The van der Waals surface area contributed by atoms with Crippen molar-refractivity contribution < 1.29 is 0 Å². The van der Waals surface area contributed by atoms with Crippen molar-refractivity contribution in [2.75, 3.05) is 6.54 Å². The van der Waals surface area contributed by atoms with Crippen LogP contribution in [0.1, 0.15) is 31.0 Å². The summed E-state index contributed by atoms with van der Waals surface area (Å²) in [6, 6.07) is 8.89. The minimum atomic E-state index is 0.500. The van der Waals surface area contributed by atoms with Gasteiger partial charge in [-0.15, -0.1) is 0 Å². The predicted molar refractivity (Wildman–Crippen MR) is 72.5 cm³/mol. The van der Waals surface area contributed by atoms with E-state index in [4.69, 9.17) is 11.6 Å². The van der Waals surface area contributed by atoms with E-state index in [0.717, 1.165) is 11.6 Å². The monoisotopic (exact) mass is 248 g/mol. The van der Waals surface area contributed by atoms with Crippen LogP contribution in [-0.2, 0) is 7.05 Å². The average molecular weight is 249 g/mol. The Morgan fingerprint density at radius 3 is 2.94 bits per heavy atom. The number of aromatic nitrogens is 1. The van der Waals surface area contributed by atoms with E-state index in [1.807, 2.05) is 12.1 Å². The minimum Gasteiger partial charge on any atom is -0.346 e. The second-order valence-electron chi connectivity index (χ2n) is 4.83. The van der Waals surface area contributed by atoms with Crippen molar-refractivity contribution in [2.45, 2.75) is 25.3 Å². The van der Waals surface area contributed by atoms with E-state index in [-0.39, 0.29) is 0 Å². The molecule has 1 fully saturated rings. The lowest BCUT2D eigenvalue weighted by Gasteiger charge is -2.24. The van der Waals surface area contributed by atoms with Crippen molar-refractivity contribution in [2.24, 2.45) is 7.05 Å². The van der Waals surface area contributed by atoms with Crippen LogP contribution in [0.4, 0.5) is 0 Å². The van der Waals surface area contributed by atoms with Crippen LogP contribution in [0.25, 0.3) is 10.9 Å². The highest BCUT2D eigenvalue weighted by Crippen LogP contribution is 2.29. The molecule has 0 saturated carbocycles. The van der Waals surface area contributed by atoms with Crippen molar-refractivity contribution in [3.05, 3.63) is 35.0 Å². The van der Waals surface area contributed by atoms with Gasteiger partial charge in [0.15, 0.2) is 0 Å². The largest absolute Gasteiger partial charge is 0.346 e. The molecule has 1 aromatic heterocycles. The molecule has 1 N–H and O–H groups in total. The number of hydrogen-bond donors (Lipinski definition) is 1. The molecule has 3 heteroatoms. The third kappa shape index (κ3) is 1.96. The van der Waals surface area contributed by atoms with Gasteiger partial charge in [-0.1, -0.05) is 24.1 Å². The number of nitrogens with zero attached hydrogens (tertiary/aromatic N) is 1. The summed E-state index contributed by atoms with van der Waals surface area (Å²) in [6.45, 7) is 1.13. The number of halogens is 1. The van der Waals surface area contributed by atoms with Gasteiger partial charge in [-0.05, 0) is 37.6 Å². The molecular weight excluding hydrogens is 232 g/mol. The van der Waals surface area contributed by atoms with Gasteiger partial charge in [0.05, 0.1) is 0 Å². The molecule has 1 unspecified atom stereocenters. The van der Waals surface area contributed by atoms with Crippen LogP contribution in [0.15, 0.2) is 24.3 Å². The van der Waals surface area contributed by atoms with Crippen molar-refractivity contribution >= 4 is 22.5 Å². The second kappa shape index (κ2) is 4.35. The van der Waals surface area contributed by atoms with Gasteiger partial charge in [0, 0.05) is 34.7 Å². The Balaban J connectivity index is 2.07. The van der Waals surface area contributed by atoms with Crippen LogP contribution in [0.3, 0.4) is 0 Å². The van der Waals surface area contributed by atoms with E-state index in [0.29, 0.717) is 6.04 Å². The maximum atomic E-state index is 6.06. The standard InChI is InChI=1S/C14H17ClN2/c1-17-13-9-11(15)6-5-10(13)8-14(17)12-4-2-3-7-16-12/h5-6,8-9,12,16H,2-4,7H2,1H3. The Kier molecular flexibility index (Phi) is 2.85. The topological polar surface area (TPSA) is 17.0 Å². The number of benzene rings is 1. The summed E-state index contributed by atoms with van der Waals surface area (Å²) in [5, 5.41) is 5.68. The van der Waals surface area contributed by atoms with Gasteiger partial charge < -0.3 is 9.88 Å². The van der Waals surface area contributed by atoms with Gasteiger partial charge in [-0.3, -0.25) is 0 Å². The quantitative estimate of drug-likeness (QED) is 0.815. The Hall–Kier alpha value is -0.990. The summed E-state index contributed by atoms with van der Waals surface area (Å²) in [4.78, 5) is 0. The maximum Gasteiger partial charge on any atom is 0.0495 e. The first-order chi connectivity index (χ1) is 8.25. The highest BCUT2D eigenvalue weighted by atomic mass is 35.5. The molecule has 0 aliphatic carbocycles. The van der Waals surface area contributed by atoms with Crippen LogP contribution in [0.2, 0.25) is 5.02 Å². The van der Waals surface area contributed by atoms with E-state index in [2.05, 4.69) is 29.1 Å². The first-order valence-corrected chi connectivity index (χ1v) is 6.62. The molecule has 1 aliphatic heterocycles. The van der Waals surface area contributed by atoms with Gasteiger partial charge in [0.1, 0.15) is 0 Å². The Bertz CT molecular complexity index is 538. The molecule has 1 aromatic carbocycles. The zero-order chi connectivity index (χ0) is 11.8. The first-order valence-electron chi connectivity index (χ1n) is 6.24. The van der Waals surface area contributed by atoms with Gasteiger partial charge >= 0.3 is 0 Å². The van der Waals surface area contributed by atoms with Gasteiger partial charge in [0.25, 0.3) is 0 Å². The predicted octanol–water partition coefficient (Wildman–Crippen LogP) is 3.65. The minimum absolute atomic E-state index is 0.500. The lowest BCUT2D eigenvalue weighted by Crippen LogP contribution is -2.28. The van der Waals surface area contributed by atoms with E-state index >= 15 is 0 Å². The van der Waals surface area contributed by atoms with Crippen molar-refractivity contribution in [3.63, 3.8) is 0 Å². The van der Waals surface area contributed by atoms with Gasteiger partial charge in [0.2, 0.25) is 0 Å². The maximum absolute atomic E-state index is 6.06. The summed E-state index contributed by atoms with van der Waals surface area (Å²) in [7, 11) is 2.13. The van der Waals surface area contributed by atoms with E-state index in [1.54, 1.807) is 0 Å². The molecule has 1 saturated heterocycles. The zero-order valence-corrected chi connectivity index (χ0v) is 10.8. The third-order valence-corrected chi connectivity index (χ3v) is 3.95. The normalized spacial score (nSPS) is 20.9. The fraction of sp³-hybridized carbons (Fsp3) is 0.429. The number of hydrogen-bond acceptors (Lipinski definition) is 1.